The molecule has 248 valence electrons. The van der Waals surface area contributed by atoms with Gasteiger partial charge in [-0.3, -0.25) is 0 Å². The Kier molecular flexibility index (Phi) is 11.2. The van der Waals surface area contributed by atoms with Gasteiger partial charge in [0.05, 0.1) is 0 Å². The van der Waals surface area contributed by atoms with Gasteiger partial charge in [0.25, 0.3) is 0 Å². The number of aryl methyl sites for hydroxylation is 2. The fourth-order valence-electron chi connectivity index (χ4n) is 8.06. The largest absolute Gasteiger partial charge is 0.310 e. The van der Waals surface area contributed by atoms with E-state index in [2.05, 4.69) is 148 Å². The Morgan fingerprint density at radius 3 is 1.65 bits per heavy atom. The molecule has 0 aliphatic heterocycles. The Balaban J connectivity index is 1.48. The van der Waals surface area contributed by atoms with Crippen LogP contribution < -0.4 is 4.90 Å². The van der Waals surface area contributed by atoms with Gasteiger partial charge >= 0.3 is 0 Å². The first-order valence-electron chi connectivity index (χ1n) is 18.8. The average molecular weight is 634 g/mol. The van der Waals surface area contributed by atoms with Crippen LogP contribution in [0.15, 0.2) is 115 Å². The van der Waals surface area contributed by atoms with E-state index < -0.39 is 0 Å². The molecule has 1 aliphatic carbocycles. The zero-order valence-corrected chi connectivity index (χ0v) is 29.9. The van der Waals surface area contributed by atoms with E-state index in [1.807, 2.05) is 0 Å². The molecule has 0 radical (unpaired) electrons. The van der Waals surface area contributed by atoms with Crippen molar-refractivity contribution in [3.05, 3.63) is 138 Å². The molecule has 0 spiro atoms. The van der Waals surface area contributed by atoms with Crippen molar-refractivity contribution in [2.24, 2.45) is 0 Å². The highest BCUT2D eigenvalue weighted by atomic mass is 15.1. The summed E-state index contributed by atoms with van der Waals surface area (Å²) in [5, 5.41) is 0. The molecular weight excluding hydrogens is 579 g/mol. The van der Waals surface area contributed by atoms with Crippen molar-refractivity contribution in [2.75, 3.05) is 4.90 Å². The minimum absolute atomic E-state index is 0.0515. The maximum absolute atomic E-state index is 2.58. The molecule has 0 N–H and O–H groups in total. The number of benzene rings is 5. The van der Waals surface area contributed by atoms with Crippen LogP contribution in [-0.4, -0.2) is 0 Å². The van der Waals surface area contributed by atoms with Gasteiger partial charge < -0.3 is 4.90 Å². The molecule has 0 aromatic heterocycles. The summed E-state index contributed by atoms with van der Waals surface area (Å²) in [7, 11) is 0. The minimum Gasteiger partial charge on any atom is -0.310 e. The smallest absolute Gasteiger partial charge is 0.0467 e. The van der Waals surface area contributed by atoms with Gasteiger partial charge in [0, 0.05) is 22.5 Å². The molecule has 48 heavy (non-hydrogen) atoms. The molecule has 0 heterocycles. The van der Waals surface area contributed by atoms with Gasteiger partial charge in [0.1, 0.15) is 0 Å². The molecule has 0 amide bonds. The molecule has 0 saturated heterocycles. The first kappa shape index (κ1) is 33.8. The highest BCUT2D eigenvalue weighted by Gasteiger charge is 2.42. The lowest BCUT2D eigenvalue weighted by atomic mass is 9.70. The van der Waals surface area contributed by atoms with Gasteiger partial charge in [-0.1, -0.05) is 168 Å². The summed E-state index contributed by atoms with van der Waals surface area (Å²) in [6.45, 7) is 9.09. The molecule has 1 aliphatic rings. The van der Waals surface area contributed by atoms with Crippen LogP contribution in [0, 0.1) is 13.8 Å². The van der Waals surface area contributed by atoms with Crippen LogP contribution in [0.3, 0.4) is 0 Å². The zero-order valence-electron chi connectivity index (χ0n) is 29.9. The van der Waals surface area contributed by atoms with Crippen molar-refractivity contribution in [3.63, 3.8) is 0 Å². The fraction of sp³-hybridized carbons (Fsp3) is 0.362. The molecule has 0 fully saturated rings. The number of anilines is 3. The zero-order chi connectivity index (χ0) is 33.3. The molecule has 1 nitrogen and oxygen atoms in total. The number of rotatable bonds is 16. The van der Waals surface area contributed by atoms with Crippen LogP contribution in [-0.2, 0) is 5.41 Å². The van der Waals surface area contributed by atoms with Crippen LogP contribution in [0.5, 0.6) is 0 Å². The molecule has 0 bridgehead atoms. The van der Waals surface area contributed by atoms with Crippen molar-refractivity contribution in [1.82, 2.24) is 0 Å². The van der Waals surface area contributed by atoms with Gasteiger partial charge in [0.15, 0.2) is 0 Å². The number of fused-ring (bicyclic) bond motifs is 3. The normalized spacial score (nSPS) is 12.9. The maximum Gasteiger partial charge on any atom is 0.0467 e. The summed E-state index contributed by atoms with van der Waals surface area (Å²) in [4.78, 5) is 2.48. The lowest BCUT2D eigenvalue weighted by molar-refractivity contribution is 0.399. The summed E-state index contributed by atoms with van der Waals surface area (Å²) in [6, 6.07) is 43.6. The second-order valence-electron chi connectivity index (χ2n) is 14.3. The predicted octanol–water partition coefficient (Wildman–Crippen LogP) is 14.4. The monoisotopic (exact) mass is 633 g/mol. The van der Waals surface area contributed by atoms with E-state index in [1.165, 1.54) is 127 Å². The van der Waals surface area contributed by atoms with Crippen molar-refractivity contribution in [3.8, 4) is 22.3 Å². The van der Waals surface area contributed by atoms with Crippen LogP contribution in [0.2, 0.25) is 0 Å². The Morgan fingerprint density at radius 1 is 0.438 bits per heavy atom. The van der Waals surface area contributed by atoms with Gasteiger partial charge in [0.2, 0.25) is 0 Å². The number of hydrogen-bond donors (Lipinski definition) is 0. The second kappa shape index (κ2) is 15.9. The SMILES string of the molecule is CCCCCCCC1(CCCCCCC)c2cc(C)ccc2-c2ccc(N(c3ccc(C)cc3)c3cccc(-c4ccccc4)c3)cc21. The highest BCUT2D eigenvalue weighted by molar-refractivity contribution is 5.86. The Labute approximate surface area is 291 Å². The van der Waals surface area contributed by atoms with E-state index in [4.69, 9.17) is 0 Å². The Bertz CT molecular complexity index is 1750. The summed E-state index contributed by atoms with van der Waals surface area (Å²) in [6.07, 6.45) is 15.6. The van der Waals surface area contributed by atoms with Crippen molar-refractivity contribution < 1.29 is 0 Å². The van der Waals surface area contributed by atoms with Crippen molar-refractivity contribution >= 4 is 17.1 Å². The standard InChI is InChI=1S/C47H55N/c1-5-7-9-11-16-31-47(32-17-12-10-8-6-2)45-33-37(4)25-29-43(45)44-30-28-42(35-46(44)47)48(40-26-23-36(3)24-27-40)41-22-18-21-39(34-41)38-19-14-13-15-20-38/h13-15,18-30,33-35H,5-12,16-17,31-32H2,1-4H3. The summed E-state index contributed by atoms with van der Waals surface area (Å²) in [5.74, 6) is 0. The van der Waals surface area contributed by atoms with E-state index in [0.717, 1.165) is 0 Å². The molecular formula is C47H55N. The summed E-state index contributed by atoms with van der Waals surface area (Å²) in [5.41, 5.74) is 14.8. The second-order valence-corrected chi connectivity index (χ2v) is 14.3. The van der Waals surface area contributed by atoms with E-state index >= 15 is 0 Å². The van der Waals surface area contributed by atoms with E-state index in [1.54, 1.807) is 11.1 Å². The topological polar surface area (TPSA) is 3.24 Å². The lowest BCUT2D eigenvalue weighted by Crippen LogP contribution is -2.26. The minimum atomic E-state index is 0.0515. The molecule has 5 aromatic rings. The fourth-order valence-corrected chi connectivity index (χ4v) is 8.06. The molecule has 1 heteroatoms. The Hall–Kier alpha value is -4.10. The molecule has 6 rings (SSSR count). The van der Waals surface area contributed by atoms with E-state index in [0.29, 0.717) is 0 Å². The lowest BCUT2D eigenvalue weighted by Gasteiger charge is -2.34. The quantitative estimate of drug-likeness (QED) is 0.0977. The van der Waals surface area contributed by atoms with Crippen LogP contribution in [0.4, 0.5) is 17.1 Å². The first-order valence-corrected chi connectivity index (χ1v) is 18.8. The third-order valence-electron chi connectivity index (χ3n) is 10.7. The summed E-state index contributed by atoms with van der Waals surface area (Å²) >= 11 is 0. The molecule has 5 aromatic carbocycles. The van der Waals surface area contributed by atoms with Gasteiger partial charge in [-0.25, -0.2) is 0 Å². The number of unbranched alkanes of at least 4 members (excludes halogenated alkanes) is 8. The highest BCUT2D eigenvalue weighted by Crippen LogP contribution is 2.56. The predicted molar refractivity (Wildman–Crippen MR) is 209 cm³/mol. The van der Waals surface area contributed by atoms with Gasteiger partial charge in [-0.2, -0.15) is 0 Å². The van der Waals surface area contributed by atoms with E-state index in [-0.39, 0.29) is 5.41 Å². The molecule has 0 unspecified atom stereocenters. The van der Waals surface area contributed by atoms with E-state index in [9.17, 15) is 0 Å². The number of nitrogens with zero attached hydrogens (tertiary/aromatic N) is 1. The van der Waals surface area contributed by atoms with Crippen LogP contribution in [0.1, 0.15) is 113 Å². The van der Waals surface area contributed by atoms with Crippen molar-refractivity contribution in [1.29, 1.82) is 0 Å². The van der Waals surface area contributed by atoms with Crippen molar-refractivity contribution in [2.45, 2.75) is 110 Å². The van der Waals surface area contributed by atoms with Crippen LogP contribution in [0.25, 0.3) is 22.3 Å². The average Bonchev–Trinajstić information content (AvgIpc) is 3.37. The Morgan fingerprint density at radius 2 is 0.979 bits per heavy atom. The third-order valence-corrected chi connectivity index (χ3v) is 10.7. The molecule has 0 atom stereocenters. The maximum atomic E-state index is 2.58. The summed E-state index contributed by atoms with van der Waals surface area (Å²) < 4.78 is 0. The molecule has 0 saturated carbocycles. The van der Waals surface area contributed by atoms with Crippen LogP contribution >= 0.6 is 0 Å². The number of hydrogen-bond acceptors (Lipinski definition) is 1. The third kappa shape index (κ3) is 7.31. The van der Waals surface area contributed by atoms with Gasteiger partial charge in [-0.15, -0.1) is 0 Å². The van der Waals surface area contributed by atoms with Gasteiger partial charge in [-0.05, 0) is 96.5 Å². The first-order chi connectivity index (χ1) is 23.5.